The predicted molar refractivity (Wildman–Crippen MR) is 64.9 cm³/mol. The maximum absolute atomic E-state index is 11.3. The Morgan fingerprint density at radius 1 is 1.44 bits per heavy atom. The molecule has 0 radical (unpaired) electrons. The highest BCUT2D eigenvalue weighted by Gasteiger charge is 2.18. The Balaban J connectivity index is 0. The van der Waals surface area contributed by atoms with E-state index in [1.807, 2.05) is 6.92 Å². The number of carbonyl (C=O) groups excluding carboxylic acids is 1. The summed E-state index contributed by atoms with van der Waals surface area (Å²) in [7, 11) is 1.62. The van der Waals surface area contributed by atoms with E-state index < -0.39 is 12.0 Å². The number of carbonyl (C=O) groups is 2. The largest absolute Gasteiger partial charge is 0.480 e. The number of hydrogen-bond acceptors (Lipinski definition) is 3. The summed E-state index contributed by atoms with van der Waals surface area (Å²) in [5.74, 6) is -1.04. The Morgan fingerprint density at radius 3 is 2.44 bits per heavy atom. The summed E-state index contributed by atoms with van der Waals surface area (Å²) < 4.78 is 0. The molecule has 1 atom stereocenters. The van der Waals surface area contributed by atoms with E-state index in [0.29, 0.717) is 6.54 Å². The first-order valence-electron chi connectivity index (χ1n) is 5.18. The molecule has 96 valence electrons. The Morgan fingerprint density at radius 2 is 2.00 bits per heavy atom. The van der Waals surface area contributed by atoms with Gasteiger partial charge in [-0.05, 0) is 20.4 Å². The van der Waals surface area contributed by atoms with Crippen molar-refractivity contribution in [3.8, 4) is 0 Å². The third kappa shape index (κ3) is 7.48. The molecule has 6 heteroatoms. The van der Waals surface area contributed by atoms with Crippen molar-refractivity contribution in [2.45, 2.75) is 32.7 Å². The lowest BCUT2D eigenvalue weighted by atomic mass is 10.3. The Labute approximate surface area is 103 Å². The number of amides is 1. The summed E-state index contributed by atoms with van der Waals surface area (Å²) in [6.07, 6.45) is 1.98. The summed E-state index contributed by atoms with van der Waals surface area (Å²) in [5.41, 5.74) is 0. The van der Waals surface area contributed by atoms with Crippen LogP contribution in [0.4, 0.5) is 0 Å². The van der Waals surface area contributed by atoms with E-state index >= 15 is 0 Å². The summed E-state index contributed by atoms with van der Waals surface area (Å²) in [5, 5.41) is 11.4. The number of rotatable bonds is 7. The van der Waals surface area contributed by atoms with Crippen LogP contribution in [0.5, 0.6) is 0 Å². The Bertz CT molecular complexity index is 224. The number of carboxylic acids is 1. The predicted octanol–water partition coefficient (Wildman–Crippen LogP) is 0.729. The van der Waals surface area contributed by atoms with E-state index in [4.69, 9.17) is 5.11 Å². The van der Waals surface area contributed by atoms with Gasteiger partial charge in [-0.3, -0.25) is 14.5 Å². The van der Waals surface area contributed by atoms with Gasteiger partial charge in [0.2, 0.25) is 5.91 Å². The van der Waals surface area contributed by atoms with Gasteiger partial charge in [-0.2, -0.15) is 0 Å². The maximum Gasteiger partial charge on any atom is 0.320 e. The summed E-state index contributed by atoms with van der Waals surface area (Å²) in [4.78, 5) is 23.4. The minimum atomic E-state index is -0.918. The van der Waals surface area contributed by atoms with Gasteiger partial charge in [-0.1, -0.05) is 13.3 Å². The van der Waals surface area contributed by atoms with Gasteiger partial charge in [0.05, 0.1) is 6.54 Å². The standard InChI is InChI=1S/C10H20N2O3.ClH/c1-4-5-6-11-9(13)7-12(3)8(2)10(14)15;/h8H,4-7H2,1-3H3,(H,11,13)(H,14,15);1H. The third-order valence-corrected chi connectivity index (χ3v) is 2.26. The number of aliphatic carboxylic acids is 1. The van der Waals surface area contributed by atoms with Crippen molar-refractivity contribution in [3.63, 3.8) is 0 Å². The minimum Gasteiger partial charge on any atom is -0.480 e. The Hall–Kier alpha value is -0.810. The van der Waals surface area contributed by atoms with Gasteiger partial charge in [0, 0.05) is 6.54 Å². The maximum atomic E-state index is 11.3. The molecule has 5 nitrogen and oxygen atoms in total. The van der Waals surface area contributed by atoms with E-state index in [-0.39, 0.29) is 24.9 Å². The normalized spacial score (nSPS) is 11.8. The van der Waals surface area contributed by atoms with Gasteiger partial charge in [-0.15, -0.1) is 12.4 Å². The van der Waals surface area contributed by atoms with Gasteiger partial charge in [0.15, 0.2) is 0 Å². The van der Waals surface area contributed by atoms with Crippen LogP contribution in [0.1, 0.15) is 26.7 Å². The molecule has 16 heavy (non-hydrogen) atoms. The zero-order chi connectivity index (χ0) is 11.8. The van der Waals surface area contributed by atoms with Gasteiger partial charge in [0.1, 0.15) is 6.04 Å². The van der Waals surface area contributed by atoms with E-state index in [0.717, 1.165) is 12.8 Å². The molecule has 1 amide bonds. The van der Waals surface area contributed by atoms with Crippen LogP contribution in [-0.4, -0.2) is 48.1 Å². The van der Waals surface area contributed by atoms with Crippen LogP contribution in [0.25, 0.3) is 0 Å². The SMILES string of the molecule is CCCCNC(=O)CN(C)C(C)C(=O)O.Cl. The molecular formula is C10H21ClN2O3. The smallest absolute Gasteiger partial charge is 0.320 e. The molecule has 0 aromatic carbocycles. The zero-order valence-electron chi connectivity index (χ0n) is 10.0. The Kier molecular flexibility index (Phi) is 10.3. The molecule has 0 saturated carbocycles. The third-order valence-electron chi connectivity index (χ3n) is 2.26. The molecule has 0 spiro atoms. The molecule has 0 bridgehead atoms. The van der Waals surface area contributed by atoms with E-state index in [1.165, 1.54) is 4.90 Å². The fourth-order valence-electron chi connectivity index (χ4n) is 1.01. The van der Waals surface area contributed by atoms with E-state index in [9.17, 15) is 9.59 Å². The van der Waals surface area contributed by atoms with Crippen LogP contribution in [0, 0.1) is 0 Å². The molecule has 0 aliphatic rings. The summed E-state index contributed by atoms with van der Waals surface area (Å²) in [6.45, 7) is 4.38. The number of nitrogens with zero attached hydrogens (tertiary/aromatic N) is 1. The monoisotopic (exact) mass is 252 g/mol. The van der Waals surface area contributed by atoms with Crippen LogP contribution in [0.3, 0.4) is 0 Å². The highest BCUT2D eigenvalue weighted by molar-refractivity contribution is 5.85. The van der Waals surface area contributed by atoms with Crippen molar-refractivity contribution in [1.82, 2.24) is 10.2 Å². The molecule has 0 aromatic heterocycles. The topological polar surface area (TPSA) is 69.6 Å². The van der Waals surface area contributed by atoms with Crippen molar-refractivity contribution < 1.29 is 14.7 Å². The van der Waals surface area contributed by atoms with Crippen molar-refractivity contribution >= 4 is 24.3 Å². The number of nitrogens with one attached hydrogen (secondary N) is 1. The highest BCUT2D eigenvalue weighted by Crippen LogP contribution is 1.94. The molecule has 0 aliphatic carbocycles. The molecule has 0 aliphatic heterocycles. The fraction of sp³-hybridized carbons (Fsp3) is 0.800. The molecule has 0 saturated heterocycles. The number of halogens is 1. The lowest BCUT2D eigenvalue weighted by Gasteiger charge is -2.20. The second kappa shape index (κ2) is 9.42. The first-order chi connectivity index (χ1) is 6.99. The molecule has 2 N–H and O–H groups in total. The number of carboxylic acid groups (broad SMARTS) is 1. The van der Waals surface area contributed by atoms with E-state index in [2.05, 4.69) is 5.32 Å². The van der Waals surface area contributed by atoms with Crippen molar-refractivity contribution in [1.29, 1.82) is 0 Å². The molecule has 0 aromatic rings. The van der Waals surface area contributed by atoms with E-state index in [1.54, 1.807) is 14.0 Å². The average molecular weight is 253 g/mol. The second-order valence-corrected chi connectivity index (χ2v) is 3.63. The van der Waals surface area contributed by atoms with Gasteiger partial charge in [0.25, 0.3) is 0 Å². The van der Waals surface area contributed by atoms with Gasteiger partial charge in [-0.25, -0.2) is 0 Å². The quantitative estimate of drug-likeness (QED) is 0.656. The lowest BCUT2D eigenvalue weighted by molar-refractivity contribution is -0.142. The van der Waals surface area contributed by atoms with Crippen LogP contribution in [-0.2, 0) is 9.59 Å². The number of unbranched alkanes of at least 4 members (excludes halogenated alkanes) is 1. The van der Waals surface area contributed by atoms with Crippen LogP contribution < -0.4 is 5.32 Å². The molecular weight excluding hydrogens is 232 g/mol. The second-order valence-electron chi connectivity index (χ2n) is 3.63. The molecule has 0 fully saturated rings. The summed E-state index contributed by atoms with van der Waals surface area (Å²) >= 11 is 0. The average Bonchev–Trinajstić information content (AvgIpc) is 2.16. The first kappa shape index (κ1) is 17.6. The lowest BCUT2D eigenvalue weighted by Crippen LogP contribution is -2.42. The zero-order valence-corrected chi connectivity index (χ0v) is 10.8. The minimum absolute atomic E-state index is 0. The van der Waals surface area contributed by atoms with Crippen molar-refractivity contribution in [3.05, 3.63) is 0 Å². The van der Waals surface area contributed by atoms with Crippen LogP contribution in [0.2, 0.25) is 0 Å². The van der Waals surface area contributed by atoms with Gasteiger partial charge < -0.3 is 10.4 Å². The number of likely N-dealkylation sites (N-methyl/N-ethyl adjacent to an activating group) is 1. The molecule has 0 rings (SSSR count). The molecule has 0 heterocycles. The van der Waals surface area contributed by atoms with Crippen molar-refractivity contribution in [2.24, 2.45) is 0 Å². The van der Waals surface area contributed by atoms with Gasteiger partial charge >= 0.3 is 5.97 Å². The fourth-order valence-corrected chi connectivity index (χ4v) is 1.01. The van der Waals surface area contributed by atoms with Crippen molar-refractivity contribution in [2.75, 3.05) is 20.1 Å². The van der Waals surface area contributed by atoms with Crippen LogP contribution >= 0.6 is 12.4 Å². The highest BCUT2D eigenvalue weighted by atomic mass is 35.5. The number of hydrogen-bond donors (Lipinski definition) is 2. The van der Waals surface area contributed by atoms with Crippen LogP contribution in [0.15, 0.2) is 0 Å². The molecule has 1 unspecified atom stereocenters. The first-order valence-corrected chi connectivity index (χ1v) is 5.18. The summed E-state index contributed by atoms with van der Waals surface area (Å²) in [6, 6.07) is -0.637.